The lowest BCUT2D eigenvalue weighted by Crippen LogP contribution is -2.08. The second-order valence-electron chi connectivity index (χ2n) is 4.29. The zero-order chi connectivity index (χ0) is 13.9. The van der Waals surface area contributed by atoms with E-state index in [-0.39, 0.29) is 11.5 Å². The van der Waals surface area contributed by atoms with Gasteiger partial charge in [-0.25, -0.2) is 17.2 Å². The van der Waals surface area contributed by atoms with Crippen molar-refractivity contribution in [3.05, 3.63) is 71.3 Å². The fraction of sp³-hybridized carbons (Fsp3) is 0.143. The predicted octanol–water partition coefficient (Wildman–Crippen LogP) is 3.08. The Morgan fingerprint density at radius 3 is 1.58 bits per heavy atom. The molecule has 0 saturated carbocycles. The number of halogens is 2. The highest BCUT2D eigenvalue weighted by Gasteiger charge is 2.14. The molecule has 0 atom stereocenters. The van der Waals surface area contributed by atoms with Crippen LogP contribution < -0.4 is 0 Å². The molecule has 0 fully saturated rings. The van der Waals surface area contributed by atoms with Gasteiger partial charge in [-0.3, -0.25) is 0 Å². The first-order valence-electron chi connectivity index (χ1n) is 5.64. The quantitative estimate of drug-likeness (QED) is 0.863. The highest BCUT2D eigenvalue weighted by atomic mass is 32.2. The first-order valence-corrected chi connectivity index (χ1v) is 7.46. The second kappa shape index (κ2) is 5.48. The Morgan fingerprint density at radius 1 is 0.789 bits per heavy atom. The van der Waals surface area contributed by atoms with Crippen LogP contribution in [0.1, 0.15) is 11.1 Å². The lowest BCUT2D eigenvalue weighted by atomic mass is 10.2. The van der Waals surface area contributed by atoms with E-state index in [2.05, 4.69) is 0 Å². The molecule has 0 aliphatic heterocycles. The molecule has 0 heterocycles. The highest BCUT2D eigenvalue weighted by Crippen LogP contribution is 2.14. The Hall–Kier alpha value is -1.75. The van der Waals surface area contributed by atoms with Crippen LogP contribution in [-0.4, -0.2) is 8.42 Å². The SMILES string of the molecule is O=S(=O)(Cc1cccc(F)c1)Cc1cccc(F)c1. The third kappa shape index (κ3) is 4.13. The average molecular weight is 282 g/mol. The molecule has 5 heteroatoms. The molecule has 0 unspecified atom stereocenters. The number of benzene rings is 2. The van der Waals surface area contributed by atoms with Gasteiger partial charge in [-0.15, -0.1) is 0 Å². The van der Waals surface area contributed by atoms with Gasteiger partial charge in [0.1, 0.15) is 11.6 Å². The number of hydrogen-bond donors (Lipinski definition) is 0. The topological polar surface area (TPSA) is 34.1 Å². The highest BCUT2D eigenvalue weighted by molar-refractivity contribution is 7.89. The minimum Gasteiger partial charge on any atom is -0.228 e. The lowest BCUT2D eigenvalue weighted by Gasteiger charge is -2.05. The number of rotatable bonds is 4. The van der Waals surface area contributed by atoms with Gasteiger partial charge in [0, 0.05) is 0 Å². The standard InChI is InChI=1S/C14H12F2O2S/c15-13-5-1-3-11(7-13)9-19(17,18)10-12-4-2-6-14(16)8-12/h1-8H,9-10H2. The molecule has 0 radical (unpaired) electrons. The molecular formula is C14H12F2O2S. The van der Waals surface area contributed by atoms with E-state index in [1.54, 1.807) is 12.1 Å². The minimum absolute atomic E-state index is 0.263. The van der Waals surface area contributed by atoms with Gasteiger partial charge in [0.2, 0.25) is 0 Å². The molecule has 19 heavy (non-hydrogen) atoms. The van der Waals surface area contributed by atoms with Crippen LogP contribution in [0.5, 0.6) is 0 Å². The van der Waals surface area contributed by atoms with Gasteiger partial charge in [0.05, 0.1) is 11.5 Å². The largest absolute Gasteiger partial charge is 0.228 e. The lowest BCUT2D eigenvalue weighted by molar-refractivity contribution is 0.593. The van der Waals surface area contributed by atoms with Crippen molar-refractivity contribution in [2.24, 2.45) is 0 Å². The normalized spacial score (nSPS) is 11.5. The molecule has 0 bridgehead atoms. The summed E-state index contributed by atoms with van der Waals surface area (Å²) < 4.78 is 49.8. The van der Waals surface area contributed by atoms with Crippen molar-refractivity contribution >= 4 is 9.84 Å². The molecule has 0 aliphatic carbocycles. The Kier molecular flexibility index (Phi) is 3.95. The summed E-state index contributed by atoms with van der Waals surface area (Å²) in [5, 5.41) is 0. The van der Waals surface area contributed by atoms with E-state index in [1.807, 2.05) is 0 Å². The molecule has 0 amide bonds. The van der Waals surface area contributed by atoms with Crippen LogP contribution in [0.3, 0.4) is 0 Å². The molecule has 2 rings (SSSR count). The van der Waals surface area contributed by atoms with Gasteiger partial charge in [0.15, 0.2) is 9.84 Å². The summed E-state index contributed by atoms with van der Waals surface area (Å²) >= 11 is 0. The molecule has 0 N–H and O–H groups in total. The molecule has 0 aromatic heterocycles. The van der Waals surface area contributed by atoms with E-state index in [9.17, 15) is 17.2 Å². The molecular weight excluding hydrogens is 270 g/mol. The summed E-state index contributed by atoms with van der Waals surface area (Å²) in [4.78, 5) is 0. The maximum absolute atomic E-state index is 13.0. The summed E-state index contributed by atoms with van der Waals surface area (Å²) in [5.41, 5.74) is 0.771. The Balaban J connectivity index is 2.15. The maximum Gasteiger partial charge on any atom is 0.158 e. The third-order valence-electron chi connectivity index (χ3n) is 2.55. The van der Waals surface area contributed by atoms with E-state index < -0.39 is 21.5 Å². The van der Waals surface area contributed by atoms with Gasteiger partial charge < -0.3 is 0 Å². The summed E-state index contributed by atoms with van der Waals surface area (Å²) in [7, 11) is -3.45. The first-order chi connectivity index (χ1) is 8.94. The van der Waals surface area contributed by atoms with Crippen molar-refractivity contribution in [1.82, 2.24) is 0 Å². The molecule has 100 valence electrons. The molecule has 0 spiro atoms. The zero-order valence-corrected chi connectivity index (χ0v) is 10.8. The summed E-state index contributed by atoms with van der Waals surface area (Å²) in [6, 6.07) is 10.9. The van der Waals surface area contributed by atoms with Crippen LogP contribution in [0.2, 0.25) is 0 Å². The summed E-state index contributed by atoms with van der Waals surface area (Å²) in [6.45, 7) is 0. The van der Waals surface area contributed by atoms with Crippen LogP contribution >= 0.6 is 0 Å². The van der Waals surface area contributed by atoms with Gasteiger partial charge in [-0.1, -0.05) is 24.3 Å². The van der Waals surface area contributed by atoms with Crippen LogP contribution in [-0.2, 0) is 21.3 Å². The smallest absolute Gasteiger partial charge is 0.158 e. The van der Waals surface area contributed by atoms with Gasteiger partial charge in [0.25, 0.3) is 0 Å². The number of sulfone groups is 1. The van der Waals surface area contributed by atoms with Crippen LogP contribution in [0, 0.1) is 11.6 Å². The molecule has 0 saturated heterocycles. The van der Waals surface area contributed by atoms with Crippen LogP contribution in [0.4, 0.5) is 8.78 Å². The van der Waals surface area contributed by atoms with Crippen molar-refractivity contribution in [3.8, 4) is 0 Å². The maximum atomic E-state index is 13.0. The molecule has 2 aromatic carbocycles. The zero-order valence-electron chi connectivity index (χ0n) is 10.0. The number of hydrogen-bond acceptors (Lipinski definition) is 2. The molecule has 2 aromatic rings. The fourth-order valence-corrected chi connectivity index (χ4v) is 3.29. The van der Waals surface area contributed by atoms with Gasteiger partial charge in [-0.05, 0) is 35.4 Å². The van der Waals surface area contributed by atoms with Gasteiger partial charge in [-0.2, -0.15) is 0 Å². The minimum atomic E-state index is -3.45. The fourth-order valence-electron chi connectivity index (χ4n) is 1.81. The monoisotopic (exact) mass is 282 g/mol. The van der Waals surface area contributed by atoms with Crippen molar-refractivity contribution in [3.63, 3.8) is 0 Å². The van der Waals surface area contributed by atoms with Crippen molar-refractivity contribution in [2.45, 2.75) is 11.5 Å². The van der Waals surface area contributed by atoms with Gasteiger partial charge >= 0.3 is 0 Å². The van der Waals surface area contributed by atoms with E-state index in [0.29, 0.717) is 11.1 Å². The van der Waals surface area contributed by atoms with Crippen molar-refractivity contribution in [2.75, 3.05) is 0 Å². The van der Waals surface area contributed by atoms with E-state index in [0.717, 1.165) is 0 Å². The predicted molar refractivity (Wildman–Crippen MR) is 69.1 cm³/mol. The Morgan fingerprint density at radius 2 is 1.21 bits per heavy atom. The van der Waals surface area contributed by atoms with E-state index >= 15 is 0 Å². The van der Waals surface area contributed by atoms with Crippen molar-refractivity contribution in [1.29, 1.82) is 0 Å². The molecule has 0 aliphatic rings. The van der Waals surface area contributed by atoms with E-state index in [4.69, 9.17) is 0 Å². The van der Waals surface area contributed by atoms with Crippen LogP contribution in [0.15, 0.2) is 48.5 Å². The molecule has 2 nitrogen and oxygen atoms in total. The summed E-state index contributed by atoms with van der Waals surface area (Å²) in [5.74, 6) is -1.47. The third-order valence-corrected chi connectivity index (χ3v) is 4.10. The Labute approximate surface area is 110 Å². The Bertz CT molecular complexity index is 628. The summed E-state index contributed by atoms with van der Waals surface area (Å²) in [6.07, 6.45) is 0. The average Bonchev–Trinajstić information content (AvgIpc) is 2.27. The van der Waals surface area contributed by atoms with Crippen molar-refractivity contribution < 1.29 is 17.2 Å². The first kappa shape index (κ1) is 13.7. The van der Waals surface area contributed by atoms with Crippen LogP contribution in [0.25, 0.3) is 0 Å². The van der Waals surface area contributed by atoms with E-state index in [1.165, 1.54) is 36.4 Å². The second-order valence-corrected chi connectivity index (χ2v) is 6.36.